The number of sulfone groups is 1. The zero-order chi connectivity index (χ0) is 21.4. The smallest absolute Gasteiger partial charge is 0.183 e. The van der Waals surface area contributed by atoms with Gasteiger partial charge in [-0.2, -0.15) is 0 Å². The molecule has 1 aromatic carbocycles. The SMILES string of the molecule is CN(C)CCn1c(CC(C)(C)C)nc2cc(S(=O)(=O)C3CN(CCO)C3)ccc21. The van der Waals surface area contributed by atoms with Gasteiger partial charge in [-0.1, -0.05) is 20.8 Å². The number of imidazole rings is 1. The third-order valence-electron chi connectivity index (χ3n) is 5.37. The standard InChI is InChI=1S/C21H34N4O3S/c1-21(2,3)13-20-22-18-12-16(6-7-19(18)25(20)9-8-23(4)5)29(27,28)17-14-24(15-17)10-11-26/h6-7,12,17,26H,8-11,13-15H2,1-5H3. The lowest BCUT2D eigenvalue weighted by molar-refractivity contribution is 0.141. The summed E-state index contributed by atoms with van der Waals surface area (Å²) in [5, 5.41) is 8.60. The van der Waals surface area contributed by atoms with Crippen molar-refractivity contribution in [2.75, 3.05) is 46.9 Å². The van der Waals surface area contributed by atoms with Gasteiger partial charge in [-0.3, -0.25) is 4.90 Å². The van der Waals surface area contributed by atoms with Crippen molar-refractivity contribution in [3.05, 3.63) is 24.0 Å². The average molecular weight is 423 g/mol. The number of benzene rings is 1. The molecular weight excluding hydrogens is 388 g/mol. The number of aromatic nitrogens is 2. The van der Waals surface area contributed by atoms with Crippen molar-refractivity contribution in [3.63, 3.8) is 0 Å². The van der Waals surface area contributed by atoms with Crippen LogP contribution in [0.15, 0.2) is 23.1 Å². The fourth-order valence-electron chi connectivity index (χ4n) is 3.73. The highest BCUT2D eigenvalue weighted by Gasteiger charge is 2.38. The summed E-state index contributed by atoms with van der Waals surface area (Å²) in [5.41, 5.74) is 1.82. The number of rotatable bonds is 8. The molecule has 7 nitrogen and oxygen atoms in total. The van der Waals surface area contributed by atoms with Crippen LogP contribution in [0.25, 0.3) is 11.0 Å². The van der Waals surface area contributed by atoms with Gasteiger partial charge in [-0.15, -0.1) is 0 Å². The number of likely N-dealkylation sites (tertiary alicyclic amines) is 1. The number of hydrogen-bond donors (Lipinski definition) is 1. The summed E-state index contributed by atoms with van der Waals surface area (Å²) in [6, 6.07) is 5.36. The molecular formula is C21H34N4O3S. The van der Waals surface area contributed by atoms with E-state index in [0.717, 1.165) is 36.4 Å². The van der Waals surface area contributed by atoms with Gasteiger partial charge in [-0.25, -0.2) is 13.4 Å². The van der Waals surface area contributed by atoms with E-state index in [9.17, 15) is 8.42 Å². The zero-order valence-corrected chi connectivity index (χ0v) is 19.0. The van der Waals surface area contributed by atoms with Gasteiger partial charge in [0.2, 0.25) is 0 Å². The Labute approximate surface area is 174 Å². The molecule has 2 heterocycles. The summed E-state index contributed by atoms with van der Waals surface area (Å²) >= 11 is 0. The maximum atomic E-state index is 13.0. The lowest BCUT2D eigenvalue weighted by Crippen LogP contribution is -2.55. The van der Waals surface area contributed by atoms with Gasteiger partial charge < -0.3 is 14.6 Å². The maximum absolute atomic E-state index is 13.0. The largest absolute Gasteiger partial charge is 0.395 e. The lowest BCUT2D eigenvalue weighted by Gasteiger charge is -2.38. The van der Waals surface area contributed by atoms with Crippen molar-refractivity contribution in [2.24, 2.45) is 5.41 Å². The van der Waals surface area contributed by atoms with E-state index < -0.39 is 15.1 Å². The van der Waals surface area contributed by atoms with Crippen molar-refractivity contribution in [2.45, 2.75) is 43.9 Å². The van der Waals surface area contributed by atoms with Crippen molar-refractivity contribution in [1.29, 1.82) is 0 Å². The molecule has 0 radical (unpaired) electrons. The molecule has 3 rings (SSSR count). The van der Waals surface area contributed by atoms with Crippen molar-refractivity contribution >= 4 is 20.9 Å². The number of β-amino-alcohol motifs (C(OH)–C–C–N with tert-alkyl or cyclic N) is 1. The first-order valence-corrected chi connectivity index (χ1v) is 11.8. The monoisotopic (exact) mass is 422 g/mol. The van der Waals surface area contributed by atoms with Crippen LogP contribution in [0.3, 0.4) is 0 Å². The van der Waals surface area contributed by atoms with Gasteiger partial charge in [0.1, 0.15) is 5.82 Å². The third kappa shape index (κ3) is 4.99. The molecule has 1 aliphatic heterocycles. The molecule has 0 amide bonds. The van der Waals surface area contributed by atoms with Crippen LogP contribution in [0.5, 0.6) is 0 Å². The minimum absolute atomic E-state index is 0.0552. The Morgan fingerprint density at radius 2 is 1.90 bits per heavy atom. The molecule has 0 unspecified atom stereocenters. The van der Waals surface area contributed by atoms with Gasteiger partial charge in [0.25, 0.3) is 0 Å². The summed E-state index contributed by atoms with van der Waals surface area (Å²) in [5.74, 6) is 1.00. The first kappa shape index (κ1) is 22.2. The molecule has 8 heteroatoms. The van der Waals surface area contributed by atoms with Gasteiger partial charge in [0, 0.05) is 39.1 Å². The number of likely N-dealkylation sites (N-methyl/N-ethyl adjacent to an activating group) is 1. The fraction of sp³-hybridized carbons (Fsp3) is 0.667. The van der Waals surface area contributed by atoms with Crippen LogP contribution in [0.1, 0.15) is 26.6 Å². The number of aliphatic hydroxyl groups excluding tert-OH is 1. The van der Waals surface area contributed by atoms with E-state index in [-0.39, 0.29) is 12.0 Å². The van der Waals surface area contributed by atoms with Crippen molar-refractivity contribution < 1.29 is 13.5 Å². The van der Waals surface area contributed by atoms with E-state index in [1.54, 1.807) is 12.1 Å². The second-order valence-electron chi connectivity index (χ2n) is 9.52. The van der Waals surface area contributed by atoms with Crippen LogP contribution < -0.4 is 0 Å². The summed E-state index contributed by atoms with van der Waals surface area (Å²) in [6.07, 6.45) is 0.829. The average Bonchev–Trinajstić information content (AvgIpc) is 2.89. The van der Waals surface area contributed by atoms with Crippen LogP contribution in [-0.2, 0) is 22.8 Å². The summed E-state index contributed by atoms with van der Waals surface area (Å²) in [7, 11) is 0.705. The number of hydrogen-bond acceptors (Lipinski definition) is 6. The quantitative estimate of drug-likeness (QED) is 0.697. The Balaban J connectivity index is 1.93. The van der Waals surface area contributed by atoms with Crippen molar-refractivity contribution in [3.8, 4) is 0 Å². The Kier molecular flexibility index (Phi) is 6.38. The number of aliphatic hydroxyl groups is 1. The van der Waals surface area contributed by atoms with Gasteiger partial charge in [0.15, 0.2) is 9.84 Å². The Morgan fingerprint density at radius 3 is 2.48 bits per heavy atom. The first-order chi connectivity index (χ1) is 13.5. The summed E-state index contributed by atoms with van der Waals surface area (Å²) in [4.78, 5) is 9.28. The van der Waals surface area contributed by atoms with Gasteiger partial charge in [0.05, 0.1) is 27.8 Å². The molecule has 1 aliphatic rings. The first-order valence-electron chi connectivity index (χ1n) is 10.2. The fourth-order valence-corrected chi connectivity index (χ4v) is 5.46. The van der Waals surface area contributed by atoms with E-state index in [4.69, 9.17) is 10.1 Å². The van der Waals surface area contributed by atoms with Crippen LogP contribution in [0.4, 0.5) is 0 Å². The molecule has 0 saturated carbocycles. The minimum atomic E-state index is -3.39. The van der Waals surface area contributed by atoms with E-state index in [1.807, 2.05) is 25.1 Å². The maximum Gasteiger partial charge on any atom is 0.183 e. The summed E-state index contributed by atoms with van der Waals surface area (Å²) < 4.78 is 28.3. The Hall–Kier alpha value is -1.48. The Bertz CT molecular complexity index is 954. The molecule has 1 saturated heterocycles. The third-order valence-corrected chi connectivity index (χ3v) is 7.45. The predicted octanol–water partition coefficient (Wildman–Crippen LogP) is 1.64. The highest BCUT2D eigenvalue weighted by Crippen LogP contribution is 2.29. The van der Waals surface area contributed by atoms with Crippen LogP contribution in [0, 0.1) is 5.41 Å². The number of nitrogens with zero attached hydrogens (tertiary/aromatic N) is 4. The van der Waals surface area contributed by atoms with E-state index in [1.165, 1.54) is 0 Å². The molecule has 0 atom stereocenters. The normalized spacial score (nSPS) is 16.7. The molecule has 2 aromatic rings. The lowest BCUT2D eigenvalue weighted by atomic mass is 9.92. The van der Waals surface area contributed by atoms with Gasteiger partial charge in [-0.05, 0) is 37.7 Å². The molecule has 1 N–H and O–H groups in total. The Morgan fingerprint density at radius 1 is 1.21 bits per heavy atom. The second kappa shape index (κ2) is 8.34. The number of fused-ring (bicyclic) bond motifs is 1. The van der Waals surface area contributed by atoms with Crippen LogP contribution in [0.2, 0.25) is 0 Å². The van der Waals surface area contributed by atoms with E-state index in [0.29, 0.717) is 24.5 Å². The van der Waals surface area contributed by atoms with Gasteiger partial charge >= 0.3 is 0 Å². The van der Waals surface area contributed by atoms with Crippen molar-refractivity contribution in [1.82, 2.24) is 19.4 Å². The molecule has 29 heavy (non-hydrogen) atoms. The summed E-state index contributed by atoms with van der Waals surface area (Å²) in [6.45, 7) is 9.82. The molecule has 0 spiro atoms. The highest BCUT2D eigenvalue weighted by molar-refractivity contribution is 7.92. The topological polar surface area (TPSA) is 78.7 Å². The van der Waals surface area contributed by atoms with Crippen LogP contribution in [-0.4, -0.2) is 85.0 Å². The molecule has 1 fully saturated rings. The van der Waals surface area contributed by atoms with Crippen LogP contribution >= 0.6 is 0 Å². The predicted molar refractivity (Wildman–Crippen MR) is 116 cm³/mol. The molecule has 1 aromatic heterocycles. The van der Waals surface area contributed by atoms with E-state index >= 15 is 0 Å². The molecule has 0 bridgehead atoms. The second-order valence-corrected chi connectivity index (χ2v) is 11.7. The molecule has 162 valence electrons. The van der Waals surface area contributed by atoms with E-state index in [2.05, 4.69) is 30.2 Å². The minimum Gasteiger partial charge on any atom is -0.395 e. The highest BCUT2D eigenvalue weighted by atomic mass is 32.2. The zero-order valence-electron chi connectivity index (χ0n) is 18.2. The molecule has 0 aliphatic carbocycles.